The van der Waals surface area contributed by atoms with Gasteiger partial charge in [-0.3, -0.25) is 9.78 Å². The number of carbonyl (C=O) groups is 1. The summed E-state index contributed by atoms with van der Waals surface area (Å²) in [5.41, 5.74) is 4.63. The van der Waals surface area contributed by atoms with E-state index in [0.29, 0.717) is 24.3 Å². The number of hydrogen-bond donors (Lipinski definition) is 1. The highest BCUT2D eigenvalue weighted by Crippen LogP contribution is 2.34. The highest BCUT2D eigenvalue weighted by molar-refractivity contribution is 5.79. The van der Waals surface area contributed by atoms with Crippen LogP contribution in [0.25, 0.3) is 11.1 Å². The van der Waals surface area contributed by atoms with Gasteiger partial charge in [-0.05, 0) is 69.9 Å². The lowest BCUT2D eigenvalue weighted by molar-refractivity contribution is -0.126. The van der Waals surface area contributed by atoms with Crippen LogP contribution in [0.15, 0.2) is 24.3 Å². The minimum atomic E-state index is -0.259. The molecule has 1 aliphatic carbocycles. The number of pyridine rings is 1. The lowest BCUT2D eigenvalue weighted by atomic mass is 9.88. The maximum atomic E-state index is 16.1. The average molecular weight is 454 g/mol. The van der Waals surface area contributed by atoms with Crippen molar-refractivity contribution in [1.82, 2.24) is 10.3 Å². The maximum absolute atomic E-state index is 16.1. The maximum Gasteiger partial charge on any atom is 0.223 e. The first-order valence-electron chi connectivity index (χ1n) is 12.3. The van der Waals surface area contributed by atoms with Gasteiger partial charge < -0.3 is 15.0 Å². The van der Waals surface area contributed by atoms with E-state index in [2.05, 4.69) is 15.2 Å². The molecule has 2 atom stereocenters. The van der Waals surface area contributed by atoms with Crippen LogP contribution >= 0.6 is 0 Å². The van der Waals surface area contributed by atoms with Crippen molar-refractivity contribution in [2.75, 3.05) is 18.0 Å². The van der Waals surface area contributed by atoms with Crippen molar-refractivity contribution in [3.05, 3.63) is 47.0 Å². The lowest BCUT2D eigenvalue weighted by Crippen LogP contribution is -2.46. The van der Waals surface area contributed by atoms with E-state index < -0.39 is 0 Å². The van der Waals surface area contributed by atoms with Crippen molar-refractivity contribution in [1.29, 1.82) is 0 Å². The number of hydrogen-bond acceptors (Lipinski definition) is 4. The van der Waals surface area contributed by atoms with Crippen LogP contribution in [0.5, 0.6) is 0 Å². The third-order valence-corrected chi connectivity index (χ3v) is 6.79. The molecule has 2 aromatic rings. The summed E-state index contributed by atoms with van der Waals surface area (Å²) in [5, 5.41) is 3.06. The molecular weight excluding hydrogens is 417 g/mol. The summed E-state index contributed by atoms with van der Waals surface area (Å²) >= 11 is 0. The Labute approximate surface area is 196 Å². The van der Waals surface area contributed by atoms with Gasteiger partial charge in [-0.25, -0.2) is 4.39 Å². The molecule has 1 saturated carbocycles. The third kappa shape index (κ3) is 5.55. The predicted molar refractivity (Wildman–Crippen MR) is 130 cm³/mol. The van der Waals surface area contributed by atoms with Crippen molar-refractivity contribution >= 4 is 11.6 Å². The number of amides is 1. The highest BCUT2D eigenvalue weighted by atomic mass is 19.1. The molecule has 1 aromatic heterocycles. The van der Waals surface area contributed by atoms with Gasteiger partial charge in [0, 0.05) is 42.5 Å². The predicted octanol–water partition coefficient (Wildman–Crippen LogP) is 5.31. The smallest absolute Gasteiger partial charge is 0.223 e. The summed E-state index contributed by atoms with van der Waals surface area (Å²) in [6, 6.07) is 7.81. The first kappa shape index (κ1) is 23.7. The van der Waals surface area contributed by atoms with Crippen LogP contribution in [0.2, 0.25) is 0 Å². The largest absolute Gasteiger partial charge is 0.372 e. The number of rotatable bonds is 5. The van der Waals surface area contributed by atoms with Crippen molar-refractivity contribution in [2.24, 2.45) is 5.92 Å². The zero-order valence-corrected chi connectivity index (χ0v) is 20.3. The first-order chi connectivity index (χ1) is 15.8. The van der Waals surface area contributed by atoms with Crippen LogP contribution < -0.4 is 10.2 Å². The molecule has 0 radical (unpaired) electrons. The molecule has 1 saturated heterocycles. The Bertz CT molecular complexity index is 973. The molecule has 0 unspecified atom stereocenters. The van der Waals surface area contributed by atoms with Crippen LogP contribution in [0.3, 0.4) is 0 Å². The van der Waals surface area contributed by atoms with Crippen molar-refractivity contribution in [2.45, 2.75) is 78.6 Å². The second-order valence-corrected chi connectivity index (χ2v) is 9.78. The Morgan fingerprint density at radius 2 is 1.73 bits per heavy atom. The van der Waals surface area contributed by atoms with E-state index in [4.69, 9.17) is 4.74 Å². The van der Waals surface area contributed by atoms with Gasteiger partial charge in [-0.1, -0.05) is 25.3 Å². The number of carbonyl (C=O) groups excluding carboxylic acids is 1. The molecule has 0 bridgehead atoms. The summed E-state index contributed by atoms with van der Waals surface area (Å²) in [6.07, 6.45) is 5.30. The SMILES string of the molecule is Cc1cc(-c2ccc(N3C[C@@H](C)O[C@@H](C)C3)c(F)c2CNC(=O)C2CCCCC2)cc(C)n1. The minimum Gasteiger partial charge on any atom is -0.372 e. The molecular formula is C27H36FN3O2. The lowest BCUT2D eigenvalue weighted by Gasteiger charge is -2.37. The second-order valence-electron chi connectivity index (χ2n) is 9.78. The Balaban J connectivity index is 1.68. The van der Waals surface area contributed by atoms with Gasteiger partial charge in [0.05, 0.1) is 17.9 Å². The molecule has 33 heavy (non-hydrogen) atoms. The molecule has 2 fully saturated rings. The van der Waals surface area contributed by atoms with E-state index in [0.717, 1.165) is 48.2 Å². The van der Waals surface area contributed by atoms with Gasteiger partial charge in [0.2, 0.25) is 5.91 Å². The second kappa shape index (κ2) is 10.2. The van der Waals surface area contributed by atoms with E-state index in [1.165, 1.54) is 6.42 Å². The van der Waals surface area contributed by atoms with Crippen molar-refractivity contribution in [3.8, 4) is 11.1 Å². The van der Waals surface area contributed by atoms with Crippen molar-refractivity contribution < 1.29 is 13.9 Å². The number of benzene rings is 1. The fourth-order valence-electron chi connectivity index (χ4n) is 5.35. The van der Waals surface area contributed by atoms with Crippen LogP contribution in [-0.4, -0.2) is 36.2 Å². The number of aromatic nitrogens is 1. The molecule has 1 aromatic carbocycles. The molecule has 2 aliphatic rings. The van der Waals surface area contributed by atoms with Crippen LogP contribution in [0.4, 0.5) is 10.1 Å². The molecule has 4 rings (SSSR count). The summed E-state index contributed by atoms with van der Waals surface area (Å²) in [4.78, 5) is 19.4. The van der Waals surface area contributed by atoms with Crippen LogP contribution in [-0.2, 0) is 16.1 Å². The van der Waals surface area contributed by atoms with Crippen molar-refractivity contribution in [3.63, 3.8) is 0 Å². The Morgan fingerprint density at radius 3 is 2.36 bits per heavy atom. The van der Waals surface area contributed by atoms with Gasteiger partial charge >= 0.3 is 0 Å². The standard InChI is InChI=1S/C27H36FN3O2/c1-17-12-22(13-18(2)30-17)23-10-11-25(31-15-19(3)33-20(4)16-31)26(28)24(23)14-29-27(32)21-8-6-5-7-9-21/h10-13,19-21H,5-9,14-16H2,1-4H3,(H,29,32)/t19-,20+. The van der Waals surface area contributed by atoms with Gasteiger partial charge in [0.15, 0.2) is 5.82 Å². The molecule has 2 heterocycles. The fraction of sp³-hybridized carbons (Fsp3) is 0.556. The Hall–Kier alpha value is -2.47. The number of ether oxygens (including phenoxy) is 1. The molecule has 5 nitrogen and oxygen atoms in total. The average Bonchev–Trinajstić information content (AvgIpc) is 2.77. The van der Waals surface area contributed by atoms with E-state index >= 15 is 4.39 Å². The Kier molecular flexibility index (Phi) is 7.32. The van der Waals surface area contributed by atoms with Crippen LogP contribution in [0.1, 0.15) is 62.9 Å². The van der Waals surface area contributed by atoms with E-state index in [9.17, 15) is 4.79 Å². The topological polar surface area (TPSA) is 54.5 Å². The highest BCUT2D eigenvalue weighted by Gasteiger charge is 2.27. The van der Waals surface area contributed by atoms with Gasteiger partial charge in [0.25, 0.3) is 0 Å². The van der Waals surface area contributed by atoms with Gasteiger partial charge in [-0.15, -0.1) is 0 Å². The quantitative estimate of drug-likeness (QED) is 0.666. The summed E-state index contributed by atoms with van der Waals surface area (Å²) in [7, 11) is 0. The first-order valence-corrected chi connectivity index (χ1v) is 12.3. The number of halogens is 1. The zero-order valence-electron chi connectivity index (χ0n) is 20.3. The van der Waals surface area contributed by atoms with E-state index in [1.54, 1.807) is 0 Å². The molecule has 0 spiro atoms. The third-order valence-electron chi connectivity index (χ3n) is 6.79. The number of nitrogens with one attached hydrogen (secondary N) is 1. The van der Waals surface area contributed by atoms with Crippen LogP contribution in [0, 0.1) is 25.6 Å². The van der Waals surface area contributed by atoms with Gasteiger partial charge in [0.1, 0.15) is 0 Å². The van der Waals surface area contributed by atoms with Gasteiger partial charge in [-0.2, -0.15) is 0 Å². The monoisotopic (exact) mass is 453 g/mol. The minimum absolute atomic E-state index is 0.0350. The number of aryl methyl sites for hydroxylation is 2. The molecule has 6 heteroatoms. The van der Waals surface area contributed by atoms with E-state index in [1.807, 2.05) is 52.0 Å². The summed E-state index contributed by atoms with van der Waals surface area (Å²) < 4.78 is 21.9. The zero-order chi connectivity index (χ0) is 23.5. The Morgan fingerprint density at radius 1 is 1.09 bits per heavy atom. The molecule has 1 aliphatic heterocycles. The summed E-state index contributed by atoms with van der Waals surface area (Å²) in [6.45, 7) is 9.39. The molecule has 1 N–H and O–H groups in total. The fourth-order valence-corrected chi connectivity index (χ4v) is 5.35. The number of anilines is 1. The molecule has 178 valence electrons. The normalized spacial score (nSPS) is 21.8. The van der Waals surface area contributed by atoms with E-state index in [-0.39, 0.29) is 36.4 Å². The number of nitrogens with zero attached hydrogens (tertiary/aromatic N) is 2. The summed E-state index contributed by atoms with van der Waals surface area (Å²) in [5.74, 6) is -0.175. The molecule has 1 amide bonds. The number of morpholine rings is 1.